The van der Waals surface area contributed by atoms with Gasteiger partial charge in [0, 0.05) is 12.6 Å². The Bertz CT molecular complexity index is 890. The van der Waals surface area contributed by atoms with Gasteiger partial charge in [-0.15, -0.1) is 0 Å². The van der Waals surface area contributed by atoms with Gasteiger partial charge in [0.15, 0.2) is 5.65 Å². The first-order chi connectivity index (χ1) is 10.8. The average molecular weight is 342 g/mol. The van der Waals surface area contributed by atoms with E-state index in [1.165, 1.54) is 13.2 Å². The molecule has 23 heavy (non-hydrogen) atoms. The zero-order valence-corrected chi connectivity index (χ0v) is 12.9. The van der Waals surface area contributed by atoms with Crippen LogP contribution in [0.2, 0.25) is 5.28 Å². The molecule has 0 spiro atoms. The minimum Gasteiger partial charge on any atom is -0.496 e. The topological polar surface area (TPSA) is 39.9 Å². The van der Waals surface area contributed by atoms with E-state index in [0.29, 0.717) is 16.9 Å². The molecule has 0 atom stereocenters. The van der Waals surface area contributed by atoms with Crippen LogP contribution in [-0.4, -0.2) is 21.6 Å². The standard InChI is InChI=1S/C15H11ClF3N3O/c1-22-11-6-5-10(20-13(11)21-14(22)16)9-4-3-8(15(17,18)19)7-12(9)23-2/h3-7H,1-2H3. The van der Waals surface area contributed by atoms with Crippen LogP contribution in [0.3, 0.4) is 0 Å². The highest BCUT2D eigenvalue weighted by molar-refractivity contribution is 6.29. The summed E-state index contributed by atoms with van der Waals surface area (Å²) < 4.78 is 45.1. The summed E-state index contributed by atoms with van der Waals surface area (Å²) in [6.07, 6.45) is -4.43. The molecule has 0 bridgehead atoms. The molecule has 0 radical (unpaired) electrons. The van der Waals surface area contributed by atoms with Gasteiger partial charge < -0.3 is 9.30 Å². The lowest BCUT2D eigenvalue weighted by Gasteiger charge is -2.12. The molecule has 4 nitrogen and oxygen atoms in total. The molecule has 8 heteroatoms. The lowest BCUT2D eigenvalue weighted by molar-refractivity contribution is -0.137. The third-order valence-corrected chi connectivity index (χ3v) is 3.83. The molecule has 0 aliphatic heterocycles. The maximum Gasteiger partial charge on any atom is 0.416 e. The first-order valence-electron chi connectivity index (χ1n) is 6.56. The highest BCUT2D eigenvalue weighted by Crippen LogP contribution is 2.36. The van der Waals surface area contributed by atoms with Crippen molar-refractivity contribution in [3.05, 3.63) is 41.2 Å². The predicted octanol–water partition coefficient (Wildman–Crippen LogP) is 4.32. The van der Waals surface area contributed by atoms with Gasteiger partial charge in [-0.3, -0.25) is 0 Å². The molecular formula is C15H11ClF3N3O. The molecule has 3 aromatic rings. The van der Waals surface area contributed by atoms with Crippen LogP contribution >= 0.6 is 11.6 Å². The van der Waals surface area contributed by atoms with Crippen LogP contribution in [0.25, 0.3) is 22.4 Å². The lowest BCUT2D eigenvalue weighted by Crippen LogP contribution is -2.05. The fourth-order valence-corrected chi connectivity index (χ4v) is 2.45. The number of methoxy groups -OCH3 is 1. The summed E-state index contributed by atoms with van der Waals surface area (Å²) in [6.45, 7) is 0. The first-order valence-corrected chi connectivity index (χ1v) is 6.93. The molecule has 0 fully saturated rings. The van der Waals surface area contributed by atoms with Gasteiger partial charge in [-0.2, -0.15) is 18.2 Å². The Hall–Kier alpha value is -2.28. The van der Waals surface area contributed by atoms with E-state index in [9.17, 15) is 13.2 Å². The zero-order valence-electron chi connectivity index (χ0n) is 12.1. The van der Waals surface area contributed by atoms with E-state index >= 15 is 0 Å². The van der Waals surface area contributed by atoms with Crippen LogP contribution in [0.1, 0.15) is 5.56 Å². The number of aryl methyl sites for hydroxylation is 1. The minimum absolute atomic E-state index is 0.0914. The van der Waals surface area contributed by atoms with Gasteiger partial charge in [0.2, 0.25) is 5.28 Å². The summed E-state index contributed by atoms with van der Waals surface area (Å²) >= 11 is 5.94. The number of hydrogen-bond acceptors (Lipinski definition) is 3. The summed E-state index contributed by atoms with van der Waals surface area (Å²) in [7, 11) is 3.06. The van der Waals surface area contributed by atoms with E-state index in [0.717, 1.165) is 17.6 Å². The van der Waals surface area contributed by atoms with Crippen molar-refractivity contribution in [2.45, 2.75) is 6.18 Å². The highest BCUT2D eigenvalue weighted by Gasteiger charge is 2.31. The molecule has 0 amide bonds. The van der Waals surface area contributed by atoms with E-state index in [4.69, 9.17) is 16.3 Å². The van der Waals surface area contributed by atoms with E-state index in [2.05, 4.69) is 9.97 Å². The van der Waals surface area contributed by atoms with Crippen LogP contribution in [0.4, 0.5) is 13.2 Å². The van der Waals surface area contributed by atoms with Crippen LogP contribution < -0.4 is 4.74 Å². The highest BCUT2D eigenvalue weighted by atomic mass is 35.5. The Morgan fingerprint density at radius 2 is 1.87 bits per heavy atom. The number of fused-ring (bicyclic) bond motifs is 1. The van der Waals surface area contributed by atoms with Crippen LogP contribution in [0, 0.1) is 0 Å². The van der Waals surface area contributed by atoms with Gasteiger partial charge in [-0.25, -0.2) is 4.98 Å². The molecule has 1 aromatic carbocycles. The first kappa shape index (κ1) is 15.6. The number of hydrogen-bond donors (Lipinski definition) is 0. The molecule has 0 aliphatic rings. The minimum atomic E-state index is -4.43. The van der Waals surface area contributed by atoms with Crippen LogP contribution in [0.15, 0.2) is 30.3 Å². The fourth-order valence-electron chi connectivity index (χ4n) is 2.28. The number of pyridine rings is 1. The van der Waals surface area contributed by atoms with Crippen molar-refractivity contribution >= 4 is 22.8 Å². The molecule has 120 valence electrons. The van der Waals surface area contributed by atoms with Crippen molar-refractivity contribution in [3.8, 4) is 17.0 Å². The zero-order chi connectivity index (χ0) is 16.8. The number of imidazole rings is 1. The van der Waals surface area contributed by atoms with Crippen LogP contribution in [-0.2, 0) is 13.2 Å². The lowest BCUT2D eigenvalue weighted by atomic mass is 10.1. The molecular weight excluding hydrogens is 331 g/mol. The quantitative estimate of drug-likeness (QED) is 0.697. The van der Waals surface area contributed by atoms with Gasteiger partial charge in [-0.05, 0) is 41.9 Å². The normalized spacial score (nSPS) is 11.9. The Morgan fingerprint density at radius 1 is 1.13 bits per heavy atom. The molecule has 2 aromatic heterocycles. The number of nitrogens with zero attached hydrogens (tertiary/aromatic N) is 3. The summed E-state index contributed by atoms with van der Waals surface area (Å²) in [5, 5.41) is 0.282. The van der Waals surface area contributed by atoms with E-state index in [1.807, 2.05) is 0 Å². The number of aromatic nitrogens is 3. The van der Waals surface area contributed by atoms with Crippen molar-refractivity contribution in [2.75, 3.05) is 7.11 Å². The number of rotatable bonds is 2. The molecule has 2 heterocycles. The molecule has 0 N–H and O–H groups in total. The van der Waals surface area contributed by atoms with Crippen LogP contribution in [0.5, 0.6) is 5.75 Å². The second-order valence-corrected chi connectivity index (χ2v) is 5.23. The Kier molecular flexibility index (Phi) is 3.68. The largest absolute Gasteiger partial charge is 0.496 e. The number of alkyl halides is 3. The van der Waals surface area contributed by atoms with Crippen molar-refractivity contribution in [1.29, 1.82) is 0 Å². The number of halogens is 4. The van der Waals surface area contributed by atoms with Crippen molar-refractivity contribution in [3.63, 3.8) is 0 Å². The molecule has 0 aliphatic carbocycles. The molecule has 0 unspecified atom stereocenters. The van der Waals surface area contributed by atoms with E-state index in [-0.39, 0.29) is 11.0 Å². The fraction of sp³-hybridized carbons (Fsp3) is 0.200. The van der Waals surface area contributed by atoms with Gasteiger partial charge in [0.25, 0.3) is 0 Å². The van der Waals surface area contributed by atoms with Crippen molar-refractivity contribution in [2.24, 2.45) is 7.05 Å². The maximum absolute atomic E-state index is 12.8. The third kappa shape index (κ3) is 2.72. The van der Waals surface area contributed by atoms with Gasteiger partial charge in [-0.1, -0.05) is 0 Å². The smallest absolute Gasteiger partial charge is 0.416 e. The average Bonchev–Trinajstić information content (AvgIpc) is 2.80. The molecule has 0 saturated carbocycles. The monoisotopic (exact) mass is 341 g/mol. The second kappa shape index (κ2) is 5.42. The summed E-state index contributed by atoms with van der Waals surface area (Å²) in [6, 6.07) is 6.72. The van der Waals surface area contributed by atoms with E-state index < -0.39 is 11.7 Å². The Balaban J connectivity index is 2.14. The van der Waals surface area contributed by atoms with Crippen molar-refractivity contribution < 1.29 is 17.9 Å². The number of benzene rings is 1. The van der Waals surface area contributed by atoms with Gasteiger partial charge >= 0.3 is 6.18 Å². The number of ether oxygens (including phenoxy) is 1. The summed E-state index contributed by atoms with van der Waals surface area (Å²) in [4.78, 5) is 8.46. The van der Waals surface area contributed by atoms with Gasteiger partial charge in [0.05, 0.1) is 23.9 Å². The second-order valence-electron chi connectivity index (χ2n) is 4.89. The Labute approximate surface area is 134 Å². The Morgan fingerprint density at radius 3 is 2.52 bits per heavy atom. The predicted molar refractivity (Wildman–Crippen MR) is 80.5 cm³/mol. The molecule has 3 rings (SSSR count). The van der Waals surface area contributed by atoms with Gasteiger partial charge in [0.1, 0.15) is 5.75 Å². The molecule has 0 saturated heterocycles. The summed E-state index contributed by atoms with van der Waals surface area (Å²) in [5.74, 6) is 0.0914. The maximum atomic E-state index is 12.8. The SMILES string of the molecule is COc1cc(C(F)(F)F)ccc1-c1ccc2c(n1)nc(Cl)n2C. The summed E-state index contributed by atoms with van der Waals surface area (Å²) in [5.41, 5.74) is 1.27. The van der Waals surface area contributed by atoms with E-state index in [1.54, 1.807) is 23.7 Å². The van der Waals surface area contributed by atoms with Crippen molar-refractivity contribution in [1.82, 2.24) is 14.5 Å². The third-order valence-electron chi connectivity index (χ3n) is 3.50.